The molecule has 0 amide bonds. The van der Waals surface area contributed by atoms with E-state index in [1.807, 2.05) is 11.6 Å². The molecule has 1 heterocycles. The van der Waals surface area contributed by atoms with Crippen LogP contribution in [0.4, 0.5) is 5.13 Å². The van der Waals surface area contributed by atoms with Gasteiger partial charge in [0.2, 0.25) is 0 Å². The van der Waals surface area contributed by atoms with E-state index in [0.717, 1.165) is 11.0 Å². The monoisotopic (exact) mass is 210 g/mol. The second-order valence-electron chi connectivity index (χ2n) is 4.11. The topological polar surface area (TPSA) is 24.9 Å². The minimum absolute atomic E-state index is 0.670. The van der Waals surface area contributed by atoms with Crippen LogP contribution in [0.25, 0.3) is 0 Å². The maximum Gasteiger partial charge on any atom is 0.182 e. The molecule has 0 radical (unpaired) electrons. The first-order valence-corrected chi connectivity index (χ1v) is 6.42. The van der Waals surface area contributed by atoms with Gasteiger partial charge in [-0.1, -0.05) is 13.3 Å². The zero-order chi connectivity index (χ0) is 9.80. The predicted octanol–water partition coefficient (Wildman–Crippen LogP) is 3.52. The Hall–Kier alpha value is -0.570. The number of rotatable bonds is 3. The highest BCUT2D eigenvalue weighted by molar-refractivity contribution is 7.13. The van der Waals surface area contributed by atoms with E-state index in [-0.39, 0.29) is 0 Å². The molecule has 1 aliphatic rings. The van der Waals surface area contributed by atoms with E-state index in [2.05, 4.69) is 17.2 Å². The summed E-state index contributed by atoms with van der Waals surface area (Å²) in [7, 11) is 0. The van der Waals surface area contributed by atoms with Gasteiger partial charge in [-0.25, -0.2) is 4.98 Å². The number of anilines is 1. The Kier molecular flexibility index (Phi) is 3.40. The molecule has 0 atom stereocenters. The Bertz CT molecular complexity index is 250. The Morgan fingerprint density at radius 3 is 2.79 bits per heavy atom. The van der Waals surface area contributed by atoms with Gasteiger partial charge in [-0.15, -0.1) is 11.3 Å². The first kappa shape index (κ1) is 9.97. The van der Waals surface area contributed by atoms with Gasteiger partial charge < -0.3 is 5.32 Å². The molecule has 14 heavy (non-hydrogen) atoms. The molecular formula is C11H18N2S. The molecular weight excluding hydrogens is 192 g/mol. The van der Waals surface area contributed by atoms with Crippen molar-refractivity contribution in [3.05, 3.63) is 11.6 Å². The van der Waals surface area contributed by atoms with E-state index in [9.17, 15) is 0 Å². The molecule has 0 unspecified atom stereocenters. The number of thiazole rings is 1. The first-order chi connectivity index (χ1) is 6.88. The molecule has 1 fully saturated rings. The Morgan fingerprint density at radius 2 is 2.21 bits per heavy atom. The van der Waals surface area contributed by atoms with Gasteiger partial charge in [-0.05, 0) is 31.6 Å². The lowest BCUT2D eigenvalue weighted by Gasteiger charge is -2.28. The predicted molar refractivity (Wildman–Crippen MR) is 61.8 cm³/mol. The normalized spacial score (nSPS) is 27.5. The van der Waals surface area contributed by atoms with E-state index in [0.29, 0.717) is 6.04 Å². The summed E-state index contributed by atoms with van der Waals surface area (Å²) in [6.45, 7) is 2.30. The van der Waals surface area contributed by atoms with E-state index in [1.165, 1.54) is 32.1 Å². The fourth-order valence-corrected chi connectivity index (χ4v) is 2.79. The van der Waals surface area contributed by atoms with Crippen molar-refractivity contribution in [1.29, 1.82) is 0 Å². The Morgan fingerprint density at radius 1 is 1.43 bits per heavy atom. The Labute approximate surface area is 89.8 Å². The van der Waals surface area contributed by atoms with Crippen molar-refractivity contribution in [1.82, 2.24) is 4.98 Å². The van der Waals surface area contributed by atoms with Crippen molar-refractivity contribution >= 4 is 16.5 Å². The third-order valence-corrected chi connectivity index (χ3v) is 3.89. The van der Waals surface area contributed by atoms with Crippen LogP contribution in [-0.2, 0) is 0 Å². The van der Waals surface area contributed by atoms with Crippen molar-refractivity contribution in [3.8, 4) is 0 Å². The van der Waals surface area contributed by atoms with Crippen LogP contribution >= 0.6 is 11.3 Å². The lowest BCUT2D eigenvalue weighted by molar-refractivity contribution is 0.330. The molecule has 1 N–H and O–H groups in total. The smallest absolute Gasteiger partial charge is 0.182 e. The number of hydrogen-bond acceptors (Lipinski definition) is 3. The van der Waals surface area contributed by atoms with E-state index >= 15 is 0 Å². The van der Waals surface area contributed by atoms with Gasteiger partial charge >= 0.3 is 0 Å². The van der Waals surface area contributed by atoms with Crippen LogP contribution in [0.5, 0.6) is 0 Å². The molecule has 1 aliphatic carbocycles. The molecule has 0 bridgehead atoms. The van der Waals surface area contributed by atoms with Crippen LogP contribution in [0.15, 0.2) is 11.6 Å². The highest BCUT2D eigenvalue weighted by Gasteiger charge is 2.19. The third-order valence-electron chi connectivity index (χ3n) is 3.18. The van der Waals surface area contributed by atoms with E-state index in [1.54, 1.807) is 11.3 Å². The summed E-state index contributed by atoms with van der Waals surface area (Å²) in [6, 6.07) is 0.670. The summed E-state index contributed by atoms with van der Waals surface area (Å²) in [4.78, 5) is 4.26. The maximum absolute atomic E-state index is 4.26. The second-order valence-corrected chi connectivity index (χ2v) is 5.00. The molecule has 1 aromatic rings. The van der Waals surface area contributed by atoms with Crippen molar-refractivity contribution in [2.45, 2.75) is 45.1 Å². The minimum atomic E-state index is 0.670. The second kappa shape index (κ2) is 4.78. The summed E-state index contributed by atoms with van der Waals surface area (Å²) in [5, 5.41) is 6.63. The third kappa shape index (κ3) is 2.47. The summed E-state index contributed by atoms with van der Waals surface area (Å²) in [5.41, 5.74) is 0. The number of aromatic nitrogens is 1. The molecule has 0 saturated heterocycles. The molecule has 3 heteroatoms. The van der Waals surface area contributed by atoms with Crippen LogP contribution in [0, 0.1) is 5.92 Å². The molecule has 0 aromatic carbocycles. The molecule has 2 rings (SSSR count). The highest BCUT2D eigenvalue weighted by atomic mass is 32.1. The van der Waals surface area contributed by atoms with Gasteiger partial charge in [0.25, 0.3) is 0 Å². The fourth-order valence-electron chi connectivity index (χ4n) is 2.18. The van der Waals surface area contributed by atoms with Crippen molar-refractivity contribution in [2.24, 2.45) is 5.92 Å². The summed E-state index contributed by atoms with van der Waals surface area (Å²) >= 11 is 1.70. The number of nitrogens with zero attached hydrogens (tertiary/aromatic N) is 1. The summed E-state index contributed by atoms with van der Waals surface area (Å²) in [6.07, 6.45) is 8.63. The van der Waals surface area contributed by atoms with Crippen LogP contribution in [-0.4, -0.2) is 11.0 Å². The number of nitrogens with one attached hydrogen (secondary N) is 1. The summed E-state index contributed by atoms with van der Waals surface area (Å²) < 4.78 is 0. The molecule has 78 valence electrons. The van der Waals surface area contributed by atoms with Crippen molar-refractivity contribution in [2.75, 3.05) is 5.32 Å². The SMILES string of the molecule is CCC1CCC(Nc2nccs2)CC1. The van der Waals surface area contributed by atoms with E-state index < -0.39 is 0 Å². The average molecular weight is 210 g/mol. The lowest BCUT2D eigenvalue weighted by atomic mass is 9.85. The number of hydrogen-bond donors (Lipinski definition) is 1. The quantitative estimate of drug-likeness (QED) is 0.825. The maximum atomic E-state index is 4.26. The fraction of sp³-hybridized carbons (Fsp3) is 0.727. The highest BCUT2D eigenvalue weighted by Crippen LogP contribution is 2.28. The summed E-state index contributed by atoms with van der Waals surface area (Å²) in [5.74, 6) is 0.976. The van der Waals surface area contributed by atoms with Gasteiger partial charge in [0.15, 0.2) is 5.13 Å². The zero-order valence-corrected chi connectivity index (χ0v) is 9.52. The van der Waals surface area contributed by atoms with Gasteiger partial charge in [0, 0.05) is 17.6 Å². The molecule has 1 aromatic heterocycles. The van der Waals surface area contributed by atoms with Crippen molar-refractivity contribution in [3.63, 3.8) is 0 Å². The van der Waals surface area contributed by atoms with Gasteiger partial charge in [0.1, 0.15) is 0 Å². The molecule has 2 nitrogen and oxygen atoms in total. The van der Waals surface area contributed by atoms with Crippen LogP contribution in [0.3, 0.4) is 0 Å². The van der Waals surface area contributed by atoms with Gasteiger partial charge in [-0.2, -0.15) is 0 Å². The van der Waals surface area contributed by atoms with Crippen molar-refractivity contribution < 1.29 is 0 Å². The van der Waals surface area contributed by atoms with Crippen LogP contribution in [0.2, 0.25) is 0 Å². The zero-order valence-electron chi connectivity index (χ0n) is 8.70. The van der Waals surface area contributed by atoms with E-state index in [4.69, 9.17) is 0 Å². The molecule has 0 spiro atoms. The van der Waals surface area contributed by atoms with Gasteiger partial charge in [0.05, 0.1) is 0 Å². The van der Waals surface area contributed by atoms with Crippen LogP contribution in [0.1, 0.15) is 39.0 Å². The van der Waals surface area contributed by atoms with Gasteiger partial charge in [-0.3, -0.25) is 0 Å². The largest absolute Gasteiger partial charge is 0.359 e. The first-order valence-electron chi connectivity index (χ1n) is 5.54. The lowest BCUT2D eigenvalue weighted by Crippen LogP contribution is -2.25. The Balaban J connectivity index is 1.79. The average Bonchev–Trinajstić information content (AvgIpc) is 2.72. The molecule has 1 saturated carbocycles. The standard InChI is InChI=1S/C11H18N2S/c1-2-9-3-5-10(6-4-9)13-11-12-7-8-14-11/h7-10H,2-6H2,1H3,(H,12,13). The minimum Gasteiger partial charge on any atom is -0.359 e. The molecule has 0 aliphatic heterocycles. The van der Waals surface area contributed by atoms with Crippen LogP contribution < -0.4 is 5.32 Å².